The third kappa shape index (κ3) is 4.03. The molecule has 0 aromatic heterocycles. The smallest absolute Gasteiger partial charge is 0.323 e. The van der Waals surface area contributed by atoms with Crippen LogP contribution >= 0.6 is 11.8 Å². The van der Waals surface area contributed by atoms with Crippen LogP contribution in [0.5, 0.6) is 0 Å². The van der Waals surface area contributed by atoms with E-state index >= 15 is 0 Å². The topological polar surface area (TPSA) is 29.5 Å². The molecule has 0 aliphatic carbocycles. The Morgan fingerprint density at radius 1 is 1.53 bits per heavy atom. The molecule has 0 spiro atoms. The van der Waals surface area contributed by atoms with Crippen LogP contribution < -0.4 is 0 Å². The van der Waals surface area contributed by atoms with E-state index in [1.807, 2.05) is 18.7 Å². The molecule has 1 atom stereocenters. The van der Waals surface area contributed by atoms with Gasteiger partial charge in [-0.3, -0.25) is 9.69 Å². The quantitative estimate of drug-likeness (QED) is 0.515. The number of rotatable bonds is 6. The fourth-order valence-corrected chi connectivity index (χ4v) is 2.58. The summed E-state index contributed by atoms with van der Waals surface area (Å²) in [5.41, 5.74) is 0. The normalized spacial score (nSPS) is 21.9. The third-order valence-corrected chi connectivity index (χ3v) is 3.53. The Bertz CT molecular complexity index is 199. The Labute approximate surface area is 96.5 Å². The molecule has 1 aliphatic rings. The highest BCUT2D eigenvalue weighted by Gasteiger charge is 2.30. The molecule has 15 heavy (non-hydrogen) atoms. The Morgan fingerprint density at radius 2 is 2.33 bits per heavy atom. The predicted octanol–water partition coefficient (Wildman–Crippen LogP) is 1.77. The molecule has 0 aromatic carbocycles. The number of esters is 1. The van der Waals surface area contributed by atoms with Gasteiger partial charge in [0.05, 0.1) is 6.61 Å². The summed E-state index contributed by atoms with van der Waals surface area (Å²) < 4.78 is 5.07. The molecule has 1 unspecified atom stereocenters. The molecule has 88 valence electrons. The van der Waals surface area contributed by atoms with Crippen LogP contribution in [0.2, 0.25) is 0 Å². The fraction of sp³-hybridized carbons (Fsp3) is 0.909. The lowest BCUT2D eigenvalue weighted by atomic mass is 10.2. The maximum atomic E-state index is 11.6. The lowest BCUT2D eigenvalue weighted by Crippen LogP contribution is -2.38. The van der Waals surface area contributed by atoms with E-state index in [1.54, 1.807) is 0 Å². The van der Waals surface area contributed by atoms with Crippen LogP contribution in [0.4, 0.5) is 0 Å². The van der Waals surface area contributed by atoms with Gasteiger partial charge in [0.15, 0.2) is 0 Å². The van der Waals surface area contributed by atoms with Crippen molar-refractivity contribution in [2.75, 3.05) is 31.2 Å². The minimum absolute atomic E-state index is 0.0300. The summed E-state index contributed by atoms with van der Waals surface area (Å²) in [5, 5.41) is 0. The number of carbonyl (C=O) groups excluding carboxylic acids is 1. The zero-order valence-corrected chi connectivity index (χ0v) is 10.5. The van der Waals surface area contributed by atoms with Crippen molar-refractivity contribution in [3.8, 4) is 0 Å². The molecular weight excluding hydrogens is 210 g/mol. The maximum Gasteiger partial charge on any atom is 0.323 e. The van der Waals surface area contributed by atoms with Crippen molar-refractivity contribution in [3.05, 3.63) is 0 Å². The van der Waals surface area contributed by atoms with E-state index in [-0.39, 0.29) is 12.0 Å². The lowest BCUT2D eigenvalue weighted by molar-refractivity contribution is -0.148. The summed E-state index contributed by atoms with van der Waals surface area (Å²) in [6.07, 6.45) is 2.09. The van der Waals surface area contributed by atoms with E-state index < -0.39 is 0 Å². The largest absolute Gasteiger partial charge is 0.465 e. The van der Waals surface area contributed by atoms with Crippen molar-refractivity contribution in [3.63, 3.8) is 0 Å². The molecule has 1 rings (SSSR count). The van der Waals surface area contributed by atoms with Crippen LogP contribution in [0.15, 0.2) is 0 Å². The summed E-state index contributed by atoms with van der Waals surface area (Å²) in [5.74, 6) is 2.24. The zero-order chi connectivity index (χ0) is 11.1. The van der Waals surface area contributed by atoms with Gasteiger partial charge >= 0.3 is 5.97 Å². The van der Waals surface area contributed by atoms with Crippen LogP contribution in [0.1, 0.15) is 26.7 Å². The van der Waals surface area contributed by atoms with Gasteiger partial charge in [-0.25, -0.2) is 0 Å². The van der Waals surface area contributed by atoms with Crippen LogP contribution in [-0.4, -0.2) is 48.1 Å². The zero-order valence-electron chi connectivity index (χ0n) is 9.70. The molecule has 4 heteroatoms. The SMILES string of the molecule is CCOC(=O)C1CCCN1CCSCC. The van der Waals surface area contributed by atoms with Gasteiger partial charge in [-0.15, -0.1) is 0 Å². The average molecular weight is 231 g/mol. The molecule has 1 fully saturated rings. The molecule has 3 nitrogen and oxygen atoms in total. The number of hydrogen-bond acceptors (Lipinski definition) is 4. The van der Waals surface area contributed by atoms with E-state index in [2.05, 4.69) is 11.8 Å². The summed E-state index contributed by atoms with van der Waals surface area (Å²) >= 11 is 1.93. The van der Waals surface area contributed by atoms with E-state index in [9.17, 15) is 4.79 Å². The first-order valence-electron chi connectivity index (χ1n) is 5.78. The van der Waals surface area contributed by atoms with Crippen LogP contribution in [0.25, 0.3) is 0 Å². The summed E-state index contributed by atoms with van der Waals surface area (Å²) in [7, 11) is 0. The van der Waals surface area contributed by atoms with Gasteiger partial charge in [0.25, 0.3) is 0 Å². The Balaban J connectivity index is 2.32. The van der Waals surface area contributed by atoms with Gasteiger partial charge < -0.3 is 4.74 Å². The second-order valence-corrected chi connectivity index (χ2v) is 5.04. The summed E-state index contributed by atoms with van der Waals surface area (Å²) in [6, 6.07) is 0.0300. The van der Waals surface area contributed by atoms with Crippen molar-refractivity contribution in [2.24, 2.45) is 0 Å². The predicted molar refractivity (Wildman–Crippen MR) is 64.2 cm³/mol. The first kappa shape index (κ1) is 12.8. The minimum atomic E-state index is -0.0310. The van der Waals surface area contributed by atoms with Gasteiger partial charge in [0, 0.05) is 12.3 Å². The molecule has 1 heterocycles. The average Bonchev–Trinajstić information content (AvgIpc) is 2.67. The molecule has 1 saturated heterocycles. The Morgan fingerprint density at radius 3 is 3.00 bits per heavy atom. The van der Waals surface area contributed by atoms with Crippen molar-refractivity contribution in [1.82, 2.24) is 4.90 Å². The molecular formula is C11H21NO2S. The van der Waals surface area contributed by atoms with Crippen molar-refractivity contribution >= 4 is 17.7 Å². The monoisotopic (exact) mass is 231 g/mol. The van der Waals surface area contributed by atoms with Gasteiger partial charge in [-0.05, 0) is 32.1 Å². The van der Waals surface area contributed by atoms with E-state index in [4.69, 9.17) is 4.74 Å². The summed E-state index contributed by atoms with van der Waals surface area (Å²) in [6.45, 7) is 6.59. The molecule has 0 N–H and O–H groups in total. The maximum absolute atomic E-state index is 11.6. The number of carbonyl (C=O) groups is 1. The highest BCUT2D eigenvalue weighted by atomic mass is 32.2. The lowest BCUT2D eigenvalue weighted by Gasteiger charge is -2.22. The molecule has 0 bridgehead atoms. The molecule has 0 saturated carbocycles. The number of thioether (sulfide) groups is 1. The van der Waals surface area contributed by atoms with Gasteiger partial charge in [0.2, 0.25) is 0 Å². The molecule has 0 radical (unpaired) electrons. The van der Waals surface area contributed by atoms with E-state index in [0.717, 1.165) is 37.4 Å². The van der Waals surface area contributed by atoms with Crippen molar-refractivity contribution in [1.29, 1.82) is 0 Å². The molecule has 1 aliphatic heterocycles. The van der Waals surface area contributed by atoms with Crippen molar-refractivity contribution in [2.45, 2.75) is 32.7 Å². The van der Waals surface area contributed by atoms with Gasteiger partial charge in [-0.1, -0.05) is 6.92 Å². The van der Waals surface area contributed by atoms with Gasteiger partial charge in [0.1, 0.15) is 6.04 Å². The van der Waals surface area contributed by atoms with Gasteiger partial charge in [-0.2, -0.15) is 11.8 Å². The highest BCUT2D eigenvalue weighted by Crippen LogP contribution is 2.18. The fourth-order valence-electron chi connectivity index (χ4n) is 1.93. The van der Waals surface area contributed by atoms with Crippen LogP contribution in [0, 0.1) is 0 Å². The van der Waals surface area contributed by atoms with Crippen molar-refractivity contribution < 1.29 is 9.53 Å². The number of likely N-dealkylation sites (tertiary alicyclic amines) is 1. The van der Waals surface area contributed by atoms with Crippen LogP contribution in [-0.2, 0) is 9.53 Å². The number of nitrogens with zero attached hydrogens (tertiary/aromatic N) is 1. The van der Waals surface area contributed by atoms with E-state index in [1.165, 1.54) is 0 Å². The van der Waals surface area contributed by atoms with Crippen LogP contribution in [0.3, 0.4) is 0 Å². The Hall–Kier alpha value is -0.220. The minimum Gasteiger partial charge on any atom is -0.465 e. The Kier molecular flexibility index (Phi) is 6.10. The third-order valence-electron chi connectivity index (χ3n) is 2.65. The summed E-state index contributed by atoms with van der Waals surface area (Å²) in [4.78, 5) is 13.9. The second kappa shape index (κ2) is 7.12. The van der Waals surface area contributed by atoms with E-state index in [0.29, 0.717) is 6.61 Å². The molecule has 0 aromatic rings. The first-order chi connectivity index (χ1) is 7.29. The molecule has 0 amide bonds. The first-order valence-corrected chi connectivity index (χ1v) is 6.93. The standard InChI is InChI=1S/C11H21NO2S/c1-3-14-11(13)10-6-5-7-12(10)8-9-15-4-2/h10H,3-9H2,1-2H3. The number of ether oxygens (including phenoxy) is 1. The highest BCUT2D eigenvalue weighted by molar-refractivity contribution is 7.99. The number of hydrogen-bond donors (Lipinski definition) is 0. The second-order valence-electron chi connectivity index (χ2n) is 3.64.